The van der Waals surface area contributed by atoms with Gasteiger partial charge in [-0.15, -0.1) is 0 Å². The summed E-state index contributed by atoms with van der Waals surface area (Å²) in [6, 6.07) is 3.73. The van der Waals surface area contributed by atoms with Crippen LogP contribution in [0.2, 0.25) is 0 Å². The van der Waals surface area contributed by atoms with E-state index >= 15 is 0 Å². The molecular weight excluding hydrogens is 1120 g/mol. The summed E-state index contributed by atoms with van der Waals surface area (Å²) in [4.78, 5) is 120. The quantitative estimate of drug-likeness (QED) is 0.0119. The lowest BCUT2D eigenvalue weighted by Gasteiger charge is -2.38. The first kappa shape index (κ1) is 72.3. The van der Waals surface area contributed by atoms with E-state index in [0.717, 1.165) is 16.9 Å². The molecule has 1 aromatic rings. The van der Waals surface area contributed by atoms with Crippen molar-refractivity contribution in [2.75, 3.05) is 51.7 Å². The molecule has 24 heteroatoms. The van der Waals surface area contributed by atoms with Gasteiger partial charge in [0.25, 0.3) is 11.8 Å². The van der Waals surface area contributed by atoms with Gasteiger partial charge in [0.2, 0.25) is 17.7 Å². The number of primary amides is 1. The Labute approximate surface area is 512 Å². The van der Waals surface area contributed by atoms with E-state index in [4.69, 9.17) is 29.4 Å². The number of hydrogen-bond donors (Lipinski definition) is 7. The second kappa shape index (κ2) is 36.2. The number of nitrogens with two attached hydrogens (primary N) is 1. The molecule has 0 spiro atoms. The number of esters is 1. The summed E-state index contributed by atoms with van der Waals surface area (Å²) in [6.07, 6.45) is 10.6. The van der Waals surface area contributed by atoms with Crippen LogP contribution in [0.4, 0.5) is 20.1 Å². The number of amides is 9. The number of imide groups is 1. The minimum Gasteiger partial charge on any atom is -0.457 e. The van der Waals surface area contributed by atoms with E-state index < -0.39 is 84.0 Å². The number of carbonyl (C=O) groups excluding carboxylic acids is 9. The second-order valence-corrected chi connectivity index (χ2v) is 23.5. The predicted molar refractivity (Wildman–Crippen MR) is 325 cm³/mol. The fraction of sp³-hybridized carbons (Fsp3) is 0.635. The highest BCUT2D eigenvalue weighted by Gasteiger charge is 2.39. The molecule has 484 valence electrons. The highest BCUT2D eigenvalue weighted by Crippen LogP contribution is 2.30. The van der Waals surface area contributed by atoms with Gasteiger partial charge in [0.1, 0.15) is 30.4 Å². The largest absolute Gasteiger partial charge is 0.457 e. The van der Waals surface area contributed by atoms with Crippen LogP contribution >= 0.6 is 0 Å². The molecule has 3 heterocycles. The topological polar surface area (TPSA) is 324 Å². The standard InChI is InChI=1S/C63H96N8O16/c1-11-50(73)45(8)85-44(7)37-41(4)17-15-18-42(5)57-43(6)21-26-51(63(9,83-10)30-29-48(72)38-55(77)87-57)86-62(82)70-35-33-69(34-36-70)61(81)84-39-46-22-24-47(25-23-46)66-58(78)49(19-16-31-65-60(64)80)67-59(79)56(40(2)3)68-52(74)20-13-12-14-32-71-53(75)27-28-54(71)76/h15,17-18,21-28,40-41,43-45,48-51,56-57,72-73H,11-14,16,19-20,29-39H2,1-10H3,(H,66,78)(H,67,79)(H,68,74)(H3,64,65,80)/b17-15+,26-21+,42-18+/t41-,43+,44+,45-,48-,49+,50+,51+,56+,57-,63-/m1/s1. The molecule has 8 N–H and O–H groups in total. The van der Waals surface area contributed by atoms with Crippen LogP contribution < -0.4 is 27.0 Å². The fourth-order valence-corrected chi connectivity index (χ4v) is 10.2. The SMILES string of the molecule is CC[C@H](O)[C@@H](C)O[C@@H](C)C[C@H](C)/C=C/C=C(\C)[C@H]1OC(=O)C[C@H](O)CC[C@@](C)(OC)[C@@H](OC(=O)N2CCN(C(=O)OCc3ccc(NC(=O)[C@H](CCCNC(N)=O)NC(=O)[C@@H](NC(=O)CCCCCN4C(=O)C=CC4=O)C(C)C)cc3)CC2)/C=C/[C@@H]1C. The molecule has 4 rings (SSSR count). The maximum Gasteiger partial charge on any atom is 0.410 e. The van der Waals surface area contributed by atoms with Gasteiger partial charge in [-0.05, 0) is 120 Å². The van der Waals surface area contributed by atoms with Crippen molar-refractivity contribution in [3.63, 3.8) is 0 Å². The summed E-state index contributed by atoms with van der Waals surface area (Å²) >= 11 is 0. The number of unbranched alkanes of at least 4 members (excludes halogenated alkanes) is 2. The number of nitrogens with one attached hydrogen (secondary N) is 4. The normalized spacial score (nSPS) is 22.9. The second-order valence-electron chi connectivity index (χ2n) is 23.5. The average molecular weight is 1220 g/mol. The zero-order chi connectivity index (χ0) is 64.4. The summed E-state index contributed by atoms with van der Waals surface area (Å²) < 4.78 is 29.8. The van der Waals surface area contributed by atoms with Gasteiger partial charge in [-0.3, -0.25) is 33.7 Å². The lowest BCUT2D eigenvalue weighted by Crippen LogP contribution is -2.54. The Morgan fingerprint density at radius 1 is 0.885 bits per heavy atom. The van der Waals surface area contributed by atoms with Crippen molar-refractivity contribution in [2.24, 2.45) is 23.5 Å². The number of allylic oxidation sites excluding steroid dienone is 3. The van der Waals surface area contributed by atoms with Gasteiger partial charge in [-0.25, -0.2) is 14.4 Å². The number of benzene rings is 1. The number of anilines is 1. The first-order chi connectivity index (χ1) is 41.2. The molecule has 0 aromatic heterocycles. The summed E-state index contributed by atoms with van der Waals surface area (Å²) in [5.74, 6) is -3.41. The zero-order valence-corrected chi connectivity index (χ0v) is 52.5. The van der Waals surface area contributed by atoms with Crippen LogP contribution in [-0.2, 0) is 59.1 Å². The van der Waals surface area contributed by atoms with E-state index in [1.807, 2.05) is 58.9 Å². The van der Waals surface area contributed by atoms with Crippen LogP contribution in [0.25, 0.3) is 0 Å². The number of aliphatic hydroxyl groups excluding tert-OH is 2. The molecule has 1 aromatic carbocycles. The van der Waals surface area contributed by atoms with E-state index in [1.54, 1.807) is 51.1 Å². The Balaban J connectivity index is 1.31. The zero-order valence-electron chi connectivity index (χ0n) is 52.5. The molecule has 0 aliphatic carbocycles. The van der Waals surface area contributed by atoms with Crippen LogP contribution in [0, 0.1) is 17.8 Å². The van der Waals surface area contributed by atoms with Crippen molar-refractivity contribution >= 4 is 59.4 Å². The van der Waals surface area contributed by atoms with Gasteiger partial charge in [0.15, 0.2) is 6.10 Å². The Bertz CT molecular complexity index is 2570. The van der Waals surface area contributed by atoms with Gasteiger partial charge < -0.3 is 70.7 Å². The fourth-order valence-electron chi connectivity index (χ4n) is 10.2. The Hall–Kier alpha value is -7.15. The molecule has 0 unspecified atom stereocenters. The number of carbonyl (C=O) groups is 9. The minimum atomic E-state index is -1.10. The summed E-state index contributed by atoms with van der Waals surface area (Å²) in [6.45, 7) is 17.7. The Morgan fingerprint density at radius 2 is 1.54 bits per heavy atom. The molecule has 3 aliphatic heterocycles. The molecule has 1 fully saturated rings. The monoisotopic (exact) mass is 1220 g/mol. The molecule has 11 atom stereocenters. The number of nitrogens with zero attached hydrogens (tertiary/aromatic N) is 3. The van der Waals surface area contributed by atoms with Gasteiger partial charge in [0.05, 0.1) is 30.8 Å². The third-order valence-electron chi connectivity index (χ3n) is 15.8. The number of rotatable bonds is 29. The highest BCUT2D eigenvalue weighted by atomic mass is 16.6. The minimum absolute atomic E-state index is 0.0764. The van der Waals surface area contributed by atoms with Crippen LogP contribution in [0.15, 0.2) is 72.4 Å². The maximum atomic E-state index is 13.9. The van der Waals surface area contributed by atoms with E-state index in [9.17, 15) is 53.4 Å². The van der Waals surface area contributed by atoms with Crippen molar-refractivity contribution in [2.45, 2.75) is 194 Å². The summed E-state index contributed by atoms with van der Waals surface area (Å²) in [5, 5.41) is 31.9. The first-order valence-corrected chi connectivity index (χ1v) is 30.5. The Morgan fingerprint density at radius 3 is 2.16 bits per heavy atom. The lowest BCUT2D eigenvalue weighted by atomic mass is 9.88. The number of ether oxygens (including phenoxy) is 5. The first-order valence-electron chi connectivity index (χ1n) is 30.5. The van der Waals surface area contributed by atoms with Gasteiger partial charge in [-0.1, -0.05) is 77.5 Å². The van der Waals surface area contributed by atoms with Crippen molar-refractivity contribution in [3.05, 3.63) is 77.9 Å². The smallest absolute Gasteiger partial charge is 0.410 e. The molecule has 3 aliphatic rings. The average Bonchev–Trinajstić information content (AvgIpc) is 3.47. The van der Waals surface area contributed by atoms with Crippen molar-refractivity contribution in [1.82, 2.24) is 30.7 Å². The number of methoxy groups -OCH3 is 1. The number of urea groups is 1. The molecule has 0 radical (unpaired) electrons. The molecule has 9 amide bonds. The number of piperazine rings is 1. The third-order valence-corrected chi connectivity index (χ3v) is 15.8. The summed E-state index contributed by atoms with van der Waals surface area (Å²) in [5.41, 5.74) is 5.86. The number of cyclic esters (lactones) is 1. The molecule has 0 bridgehead atoms. The predicted octanol–water partition coefficient (Wildman–Crippen LogP) is 6.09. The maximum absolute atomic E-state index is 13.9. The Kier molecular flexibility index (Phi) is 30.1. The molecule has 0 saturated carbocycles. The van der Waals surface area contributed by atoms with Crippen molar-refractivity contribution in [3.8, 4) is 0 Å². The lowest BCUT2D eigenvalue weighted by molar-refractivity contribution is -0.151. The van der Waals surface area contributed by atoms with Crippen LogP contribution in [0.3, 0.4) is 0 Å². The van der Waals surface area contributed by atoms with E-state index in [-0.39, 0.29) is 126 Å². The van der Waals surface area contributed by atoms with Crippen LogP contribution in [0.5, 0.6) is 0 Å². The third kappa shape index (κ3) is 24.5. The van der Waals surface area contributed by atoms with E-state index in [2.05, 4.69) is 28.2 Å². The molecule has 87 heavy (non-hydrogen) atoms. The van der Waals surface area contributed by atoms with Crippen molar-refractivity contribution in [1.29, 1.82) is 0 Å². The molecule has 1 saturated heterocycles. The van der Waals surface area contributed by atoms with Crippen LogP contribution in [0.1, 0.15) is 139 Å². The highest BCUT2D eigenvalue weighted by molar-refractivity contribution is 6.12. The van der Waals surface area contributed by atoms with E-state index in [1.165, 1.54) is 29.1 Å². The van der Waals surface area contributed by atoms with Gasteiger partial charge >= 0.3 is 24.2 Å². The van der Waals surface area contributed by atoms with Gasteiger partial charge in [0, 0.05) is 76.6 Å². The molecule has 24 nitrogen and oxygen atoms in total. The molecular formula is C63H96N8O16. The number of aliphatic hydroxyl groups is 2. The van der Waals surface area contributed by atoms with E-state index in [0.29, 0.717) is 36.9 Å². The number of hydrogen-bond acceptors (Lipinski definition) is 16. The van der Waals surface area contributed by atoms with Gasteiger partial charge in [-0.2, -0.15) is 0 Å². The van der Waals surface area contributed by atoms with Crippen molar-refractivity contribution < 1.29 is 77.0 Å². The van der Waals surface area contributed by atoms with Crippen LogP contribution in [-0.4, -0.2) is 179 Å². The summed E-state index contributed by atoms with van der Waals surface area (Å²) in [7, 11) is 1.50.